The lowest BCUT2D eigenvalue weighted by Crippen LogP contribution is -2.72. The van der Waals surface area contributed by atoms with Crippen LogP contribution in [0.1, 0.15) is 134 Å². The summed E-state index contributed by atoms with van der Waals surface area (Å²) in [5, 5.41) is 95.4. The number of Topliss-reactive ketones (excluding diaryl/α,β-unsaturated/α-hetero) is 1. The summed E-state index contributed by atoms with van der Waals surface area (Å²) in [6, 6.07) is -3.53. The third-order valence-electron chi connectivity index (χ3n) is 16.8. The van der Waals surface area contributed by atoms with Crippen molar-refractivity contribution in [1.82, 2.24) is 16.0 Å². The van der Waals surface area contributed by atoms with Gasteiger partial charge >= 0.3 is 19.9 Å². The minimum Gasteiger partial charge on any atom is -0.510 e. The molecule has 4 fully saturated rings. The van der Waals surface area contributed by atoms with Gasteiger partial charge in [0, 0.05) is 26.7 Å². The zero-order valence-electron chi connectivity index (χ0n) is 56.3. The second-order valence-electron chi connectivity index (χ2n) is 26.0. The average Bonchev–Trinajstić information content (AvgIpc) is 1.38. The van der Waals surface area contributed by atoms with Crippen molar-refractivity contribution in [3.05, 3.63) is 70.7 Å². The van der Waals surface area contributed by atoms with Crippen LogP contribution in [0.5, 0.6) is 0 Å². The third-order valence-corrected chi connectivity index (χ3v) is 17.7. The van der Waals surface area contributed by atoms with Gasteiger partial charge in [0.2, 0.25) is 17.7 Å². The molecule has 0 spiro atoms. The number of phosphoric ester groups is 1. The number of aliphatic carboxylic acids is 1. The van der Waals surface area contributed by atoms with E-state index in [4.69, 9.17) is 63.1 Å². The van der Waals surface area contributed by atoms with Crippen LogP contribution in [0.2, 0.25) is 0 Å². The van der Waals surface area contributed by atoms with Gasteiger partial charge < -0.3 is 116 Å². The lowest BCUT2D eigenvalue weighted by molar-refractivity contribution is -0.367. The minimum absolute atomic E-state index is 0.0838. The Balaban J connectivity index is 1.28. The molecule has 1 unspecified atom stereocenters. The number of phosphoric acid groups is 1. The molecule has 0 aromatic heterocycles. The first-order valence-corrected chi connectivity index (χ1v) is 33.2. The highest BCUT2D eigenvalue weighted by Crippen LogP contribution is 2.49. The number of rotatable bonds is 33. The molecule has 1 aliphatic carbocycles. The summed E-state index contributed by atoms with van der Waals surface area (Å²) >= 11 is 0. The number of carboxylic acids is 1. The number of allylic oxidation sites excluding steroid dienone is 10. The molecule has 5 amide bonds. The molecule has 22 atom stereocenters. The van der Waals surface area contributed by atoms with Crippen LogP contribution < -0.4 is 27.4 Å². The van der Waals surface area contributed by atoms with Gasteiger partial charge in [-0.15, -0.1) is 0 Å². The van der Waals surface area contributed by atoms with Crippen molar-refractivity contribution in [3.8, 4) is 0 Å². The highest BCUT2D eigenvalue weighted by Gasteiger charge is 2.62. The summed E-state index contributed by atoms with van der Waals surface area (Å²) < 4.78 is 76.5. The largest absolute Gasteiger partial charge is 0.510 e. The number of ketones is 1. The van der Waals surface area contributed by atoms with E-state index < -0.39 is 196 Å². The maximum Gasteiger partial charge on any atom is 0.474 e. The van der Waals surface area contributed by atoms with E-state index in [1.807, 2.05) is 6.92 Å². The number of carbonyl (C=O) groups is 7. The number of ether oxygens (including phenoxy) is 9. The van der Waals surface area contributed by atoms with Crippen molar-refractivity contribution in [2.75, 3.05) is 13.2 Å². The van der Waals surface area contributed by atoms with Gasteiger partial charge in [-0.1, -0.05) is 73.1 Å². The molecular formula is C63H98N5O28P. The van der Waals surface area contributed by atoms with Crippen molar-refractivity contribution in [3.63, 3.8) is 0 Å². The van der Waals surface area contributed by atoms with E-state index in [1.165, 1.54) is 25.0 Å². The van der Waals surface area contributed by atoms with E-state index in [-0.39, 0.29) is 24.9 Å². The zero-order chi connectivity index (χ0) is 72.8. The highest BCUT2D eigenvalue weighted by atomic mass is 31.2. The maximum absolute atomic E-state index is 13.9. The molecule has 0 aromatic carbocycles. The quantitative estimate of drug-likeness (QED) is 0.0324. The molecular weight excluding hydrogens is 1310 g/mol. The van der Waals surface area contributed by atoms with Gasteiger partial charge in [0.1, 0.15) is 71.9 Å². The molecule has 0 saturated carbocycles. The van der Waals surface area contributed by atoms with Crippen LogP contribution in [0.15, 0.2) is 70.7 Å². The smallest absolute Gasteiger partial charge is 0.474 e. The van der Waals surface area contributed by atoms with Crippen molar-refractivity contribution in [1.29, 1.82) is 0 Å². The predicted molar refractivity (Wildman–Crippen MR) is 338 cm³/mol. The minimum atomic E-state index is -5.69. The van der Waals surface area contributed by atoms with Crippen molar-refractivity contribution >= 4 is 49.3 Å². The Kier molecular flexibility index (Phi) is 30.3. The Labute approximate surface area is 562 Å². The van der Waals surface area contributed by atoms with E-state index >= 15 is 0 Å². The summed E-state index contributed by atoms with van der Waals surface area (Å²) in [4.78, 5) is 100. The van der Waals surface area contributed by atoms with Crippen LogP contribution in [-0.2, 0) is 85.0 Å². The Bertz CT molecular complexity index is 3000. The number of carboxylic acid groups (broad SMARTS) is 1. The van der Waals surface area contributed by atoms with Crippen molar-refractivity contribution < 1.29 is 136 Å². The van der Waals surface area contributed by atoms with Crippen LogP contribution >= 0.6 is 7.82 Å². The van der Waals surface area contributed by atoms with Crippen LogP contribution in [0.4, 0.5) is 4.79 Å². The molecule has 97 heavy (non-hydrogen) atoms. The predicted octanol–water partition coefficient (Wildman–Crippen LogP) is 1.18. The second-order valence-corrected chi connectivity index (χ2v) is 27.4. The van der Waals surface area contributed by atoms with Crippen LogP contribution in [0, 0.1) is 5.41 Å². The van der Waals surface area contributed by atoms with Crippen molar-refractivity contribution in [2.45, 2.75) is 262 Å². The fourth-order valence-electron chi connectivity index (χ4n) is 11.2. The van der Waals surface area contributed by atoms with Gasteiger partial charge in [0.25, 0.3) is 5.91 Å². The molecule has 4 aliphatic heterocycles. The molecule has 34 heteroatoms. The molecule has 16 N–H and O–H groups in total. The van der Waals surface area contributed by atoms with Crippen LogP contribution in [0.25, 0.3) is 0 Å². The number of hydrogen-bond acceptors (Lipinski definition) is 26. The number of primary amides is 2. The number of hydrogen-bond donors (Lipinski definition) is 14. The number of aliphatic hydroxyl groups is 7. The van der Waals surface area contributed by atoms with Crippen LogP contribution in [-0.4, -0.2) is 229 Å². The molecule has 33 nitrogen and oxygen atoms in total. The molecule has 4 heterocycles. The number of aliphatic hydroxyl groups excluding tert-OH is 6. The Morgan fingerprint density at radius 2 is 1.31 bits per heavy atom. The fraction of sp³-hybridized carbons (Fsp3) is 0.698. The van der Waals surface area contributed by atoms with Crippen LogP contribution in [0.3, 0.4) is 0 Å². The zero-order valence-corrected chi connectivity index (χ0v) is 57.2. The van der Waals surface area contributed by atoms with E-state index in [9.17, 15) is 83.9 Å². The summed E-state index contributed by atoms with van der Waals surface area (Å²) in [6.07, 6.45) is -21.5. The molecule has 5 aliphatic rings. The molecule has 0 aromatic rings. The van der Waals surface area contributed by atoms with E-state index in [0.717, 1.165) is 64.0 Å². The van der Waals surface area contributed by atoms with Gasteiger partial charge in [-0.25, -0.2) is 14.2 Å². The van der Waals surface area contributed by atoms with Crippen molar-refractivity contribution in [2.24, 2.45) is 16.9 Å². The van der Waals surface area contributed by atoms with E-state index in [0.29, 0.717) is 12.8 Å². The summed E-state index contributed by atoms with van der Waals surface area (Å²) in [6.45, 7) is 20.7. The second kappa shape index (κ2) is 35.9. The van der Waals surface area contributed by atoms with Gasteiger partial charge in [-0.3, -0.25) is 33.0 Å². The standard InChI is InChI=1S/C63H98N5O28P/c1-29(2)16-15-18-30(3)19-20-32(5)23-26-62(10,11)25-14-13-17-31(4)24-27-86-39(56(80)81)28-87-97(84,85)96-60-51(52(95-61(65)82)63(12,83)53(94-60)54(64)78)93-58-42(67-36(9)70)43(73)48(33(6)89-58)90-57-41(66-35(8)69)44(74)49(34(7)88-57)91-59-47(77)45(75)46(76)50(92-59)55(79)68-40-37(71)21-22-38(40)72/h14,16,19,24-25,33-34,39,41-53,57-60,71,73-77,83H,5,13,15,17-18,20-23,26-28H2,1-4,6-12H3,(H2,64,78)(H2,65,82)(H,66,69)(H,67,70)(H,68,79)(H,80,81)(H,84,85)/b25-14+,30-19+,31-24-/t33-,34-,39-,41-,42-,43-,44-,45+,46-,47-,48+,49+,50+,51-,52-,53-,57+,58+,59-,60-,63+/m1/s1. The summed E-state index contributed by atoms with van der Waals surface area (Å²) in [5.41, 5.74) is 12.2. The lowest BCUT2D eigenvalue weighted by atomic mass is 9.85. The topological polar surface area (TPSA) is 508 Å². The normalized spacial score (nSPS) is 33.8. The average molecular weight is 1400 g/mol. The maximum atomic E-state index is 13.9. The number of nitrogens with one attached hydrogen (secondary N) is 3. The Morgan fingerprint density at radius 1 is 0.753 bits per heavy atom. The lowest BCUT2D eigenvalue weighted by Gasteiger charge is -2.51. The molecule has 5 rings (SSSR count). The summed E-state index contributed by atoms with van der Waals surface area (Å²) in [7, 11) is -5.69. The third kappa shape index (κ3) is 23.3. The number of amides is 5. The highest BCUT2D eigenvalue weighted by molar-refractivity contribution is 7.47. The van der Waals surface area contributed by atoms with Gasteiger partial charge in [0.05, 0.1) is 25.4 Å². The van der Waals surface area contributed by atoms with Gasteiger partial charge in [-0.2, -0.15) is 0 Å². The van der Waals surface area contributed by atoms with E-state index in [1.54, 1.807) is 6.08 Å². The summed E-state index contributed by atoms with van der Waals surface area (Å²) in [5.74, 6) is -7.11. The molecule has 0 bridgehead atoms. The van der Waals surface area contributed by atoms with Gasteiger partial charge in [-0.05, 0) is 98.8 Å². The molecule has 0 radical (unpaired) electrons. The Hall–Kier alpha value is -5.92. The first-order chi connectivity index (χ1) is 45.1. The van der Waals surface area contributed by atoms with E-state index in [2.05, 4.69) is 81.5 Å². The monoisotopic (exact) mass is 1400 g/mol. The molecule has 548 valence electrons. The fourth-order valence-corrected chi connectivity index (χ4v) is 12.1. The molecule has 4 saturated heterocycles. The van der Waals surface area contributed by atoms with Gasteiger partial charge in [0.15, 0.2) is 61.5 Å². The Morgan fingerprint density at radius 3 is 1.84 bits per heavy atom. The first kappa shape index (κ1) is 81.8. The SMILES string of the molecule is C=C(C/C=C(\C)CCC=C(C)C)CCC(C)(C)/C=C/CC/C(C)=C\CO[C@H](COP(=O)(O)O[C@H]1O[C@H](C(N)=O)[C@@](C)(O)[C@H](OC(N)=O)[C@H]1O[C@@H]1O[C@H](C)[C@H](O[C@@H]2O[C@H](C)[C@H](O[C@@H]3O[C@H](C(=O)NC4=C(O)CCC4=O)[C@H](O)[C@H](O)[C@H]3O)[C@H](O)[C@H]2NC(C)=O)[C@H](O)[C@H]1NC(C)=O)C(=O)O. The number of nitrogens with two attached hydrogens (primary N) is 2. The first-order valence-electron chi connectivity index (χ1n) is 31.7. The number of carbonyl (C=O) groups excluding carboxylic acids is 6.